The molecule has 0 unspecified atom stereocenters. The molecule has 5 N–H and O–H groups in total. The van der Waals surface area contributed by atoms with Gasteiger partial charge in [-0.15, -0.1) is 0 Å². The topological polar surface area (TPSA) is 144 Å². The number of hydrogen-bond acceptors (Lipinski definition) is 8. The first-order chi connectivity index (χ1) is 19.2. The highest BCUT2D eigenvalue weighted by Gasteiger charge is 2.37. The average molecular weight is 559 g/mol. The summed E-state index contributed by atoms with van der Waals surface area (Å²) in [6, 6.07) is 22.5. The van der Waals surface area contributed by atoms with E-state index in [1.807, 2.05) is 61.5 Å². The van der Waals surface area contributed by atoms with Crippen molar-refractivity contribution in [1.29, 1.82) is 0 Å². The van der Waals surface area contributed by atoms with Gasteiger partial charge in [0.1, 0.15) is 16.7 Å². The van der Waals surface area contributed by atoms with Gasteiger partial charge in [-0.2, -0.15) is 4.37 Å². The molecule has 1 atom stereocenters. The Morgan fingerprint density at radius 3 is 2.23 bits per heavy atom. The maximum atomic E-state index is 14.3. The van der Waals surface area contributed by atoms with Gasteiger partial charge in [0, 0.05) is 26.3 Å². The Labute approximate surface area is 236 Å². The van der Waals surface area contributed by atoms with E-state index in [0.717, 1.165) is 22.8 Å². The number of aromatic nitrogens is 1. The molecule has 10 nitrogen and oxygen atoms in total. The number of benzene rings is 3. The lowest BCUT2D eigenvalue weighted by atomic mass is 10.0. The van der Waals surface area contributed by atoms with Crippen LogP contribution in [0.4, 0.5) is 17.1 Å². The highest BCUT2D eigenvalue weighted by atomic mass is 32.1. The molecule has 1 aromatic heterocycles. The zero-order valence-electron chi connectivity index (χ0n) is 22.3. The normalized spacial score (nSPS) is 11.4. The first kappa shape index (κ1) is 28.1. The van der Waals surface area contributed by atoms with Gasteiger partial charge in [0.2, 0.25) is 5.91 Å². The zero-order chi connectivity index (χ0) is 28.8. The number of carbonyl (C=O) groups is 3. The molecule has 0 radical (unpaired) electrons. The van der Waals surface area contributed by atoms with Crippen LogP contribution in [0.5, 0.6) is 5.75 Å². The molecule has 0 bridgehead atoms. The van der Waals surface area contributed by atoms with E-state index in [1.165, 1.54) is 12.0 Å². The average Bonchev–Trinajstić information content (AvgIpc) is 3.36. The Bertz CT molecular complexity index is 1500. The number of ether oxygens (including phenoxy) is 1. The lowest BCUT2D eigenvalue weighted by molar-refractivity contribution is -0.122. The highest BCUT2D eigenvalue weighted by Crippen LogP contribution is 2.38. The fourth-order valence-corrected chi connectivity index (χ4v) is 4.93. The van der Waals surface area contributed by atoms with E-state index in [0.29, 0.717) is 17.0 Å². The summed E-state index contributed by atoms with van der Waals surface area (Å²) in [5.41, 5.74) is 13.9. The van der Waals surface area contributed by atoms with E-state index >= 15 is 0 Å². The summed E-state index contributed by atoms with van der Waals surface area (Å²) < 4.78 is 9.58. The minimum absolute atomic E-state index is 0.0227. The van der Waals surface area contributed by atoms with Gasteiger partial charge in [-0.25, -0.2) is 0 Å². The predicted molar refractivity (Wildman–Crippen MR) is 157 cm³/mol. The van der Waals surface area contributed by atoms with Crippen LogP contribution >= 0.6 is 11.5 Å². The zero-order valence-corrected chi connectivity index (χ0v) is 23.1. The van der Waals surface area contributed by atoms with Gasteiger partial charge in [0.15, 0.2) is 5.69 Å². The van der Waals surface area contributed by atoms with Gasteiger partial charge < -0.3 is 26.4 Å². The van der Waals surface area contributed by atoms with E-state index < -0.39 is 23.8 Å². The summed E-state index contributed by atoms with van der Waals surface area (Å²) in [6.07, 6.45) is 0. The fraction of sp³-hybridized carbons (Fsp3) is 0.172. The molecular formula is C29H30N6O4S. The largest absolute Gasteiger partial charge is 0.495 e. The molecular weight excluding hydrogens is 528 g/mol. The van der Waals surface area contributed by atoms with Crippen molar-refractivity contribution in [3.05, 3.63) is 101 Å². The van der Waals surface area contributed by atoms with Gasteiger partial charge >= 0.3 is 0 Å². The van der Waals surface area contributed by atoms with E-state index in [9.17, 15) is 14.4 Å². The number of nitrogens with two attached hydrogens (primary N) is 2. The Kier molecular flexibility index (Phi) is 8.65. The Morgan fingerprint density at radius 2 is 1.62 bits per heavy atom. The summed E-state index contributed by atoms with van der Waals surface area (Å²) in [6.45, 7) is 0.244. The predicted octanol–water partition coefficient (Wildman–Crippen LogP) is 3.60. The molecule has 206 valence electrons. The fourth-order valence-electron chi connectivity index (χ4n) is 4.19. The first-order valence-corrected chi connectivity index (χ1v) is 13.1. The van der Waals surface area contributed by atoms with Crippen LogP contribution in [-0.2, 0) is 11.3 Å². The molecule has 0 spiro atoms. The van der Waals surface area contributed by atoms with E-state index in [4.69, 9.17) is 16.2 Å². The lowest BCUT2D eigenvalue weighted by Gasteiger charge is -2.32. The lowest BCUT2D eigenvalue weighted by Crippen LogP contribution is -2.44. The number of primary amides is 1. The number of rotatable bonds is 10. The Balaban J connectivity index is 1.87. The van der Waals surface area contributed by atoms with Crippen LogP contribution in [0, 0.1) is 0 Å². The van der Waals surface area contributed by atoms with Gasteiger partial charge in [0.05, 0.1) is 18.5 Å². The summed E-state index contributed by atoms with van der Waals surface area (Å²) in [5, 5.41) is 2.97. The maximum Gasteiger partial charge on any atom is 0.273 e. The van der Waals surface area contributed by atoms with Gasteiger partial charge in [-0.05, 0) is 46.9 Å². The highest BCUT2D eigenvalue weighted by molar-refractivity contribution is 7.09. The first-order valence-electron chi connectivity index (χ1n) is 12.3. The minimum Gasteiger partial charge on any atom is -0.495 e. The van der Waals surface area contributed by atoms with Crippen molar-refractivity contribution in [2.24, 2.45) is 5.73 Å². The van der Waals surface area contributed by atoms with Gasteiger partial charge in [-0.1, -0.05) is 54.6 Å². The standard InChI is InChI=1S/C29H30N6O4S/c1-34(2)20-15-13-19(14-16-20)25(28(37)32-17-18-9-5-4-6-10-18)35(21-11-7-8-12-22(21)39-3)29(38)26-23(30)24(27(31)36)33-40-26/h4-16,25H,17,30H2,1-3H3,(H2,31,36)(H,32,37)/t25-/m0/s1. The molecule has 0 aliphatic carbocycles. The molecule has 0 aliphatic rings. The van der Waals surface area contributed by atoms with Crippen LogP contribution in [-0.4, -0.2) is 43.3 Å². The smallest absolute Gasteiger partial charge is 0.273 e. The SMILES string of the molecule is COc1ccccc1N(C(=O)c1snc(C(N)=O)c1N)[C@H](C(=O)NCc1ccccc1)c1ccc(N(C)C)cc1. The molecule has 0 saturated carbocycles. The van der Waals surface area contributed by atoms with Crippen LogP contribution in [0.2, 0.25) is 0 Å². The number of methoxy groups -OCH3 is 1. The van der Waals surface area contributed by atoms with E-state index in [1.54, 1.807) is 36.4 Å². The maximum absolute atomic E-state index is 14.3. The van der Waals surface area contributed by atoms with Crippen LogP contribution < -0.4 is 31.3 Å². The second kappa shape index (κ2) is 12.3. The third-order valence-electron chi connectivity index (χ3n) is 6.26. The van der Waals surface area contributed by atoms with Crippen molar-refractivity contribution < 1.29 is 19.1 Å². The van der Waals surface area contributed by atoms with E-state index in [2.05, 4.69) is 9.69 Å². The van der Waals surface area contributed by atoms with Crippen LogP contribution in [0.15, 0.2) is 78.9 Å². The third-order valence-corrected chi connectivity index (χ3v) is 7.11. The van der Waals surface area contributed by atoms with Crippen molar-refractivity contribution in [2.75, 3.05) is 36.7 Å². The van der Waals surface area contributed by atoms with Crippen LogP contribution in [0.1, 0.15) is 37.3 Å². The third kappa shape index (κ3) is 5.89. The molecule has 0 saturated heterocycles. The number of nitrogen functional groups attached to an aromatic ring is 1. The number of anilines is 3. The van der Waals surface area contributed by atoms with Crippen molar-refractivity contribution in [2.45, 2.75) is 12.6 Å². The number of nitrogens with one attached hydrogen (secondary N) is 1. The van der Waals surface area contributed by atoms with Gasteiger partial charge in [-0.3, -0.25) is 19.3 Å². The van der Waals surface area contributed by atoms with Crippen LogP contribution in [0.3, 0.4) is 0 Å². The number of carbonyl (C=O) groups excluding carboxylic acids is 3. The van der Waals surface area contributed by atoms with E-state index in [-0.39, 0.29) is 22.8 Å². The number of para-hydroxylation sites is 2. The summed E-state index contributed by atoms with van der Waals surface area (Å²) in [7, 11) is 5.29. The Morgan fingerprint density at radius 1 is 0.975 bits per heavy atom. The molecule has 1 heterocycles. The van der Waals surface area contributed by atoms with Crippen molar-refractivity contribution >= 4 is 46.3 Å². The second-order valence-electron chi connectivity index (χ2n) is 9.08. The number of hydrogen-bond donors (Lipinski definition) is 3. The molecule has 4 aromatic rings. The van der Waals surface area contributed by atoms with Crippen molar-refractivity contribution in [3.63, 3.8) is 0 Å². The summed E-state index contributed by atoms with van der Waals surface area (Å²) in [4.78, 5) is 43.3. The van der Waals surface area contributed by atoms with Crippen molar-refractivity contribution in [3.8, 4) is 5.75 Å². The molecule has 0 fully saturated rings. The molecule has 3 aromatic carbocycles. The molecule has 4 rings (SSSR count). The van der Waals surface area contributed by atoms with Gasteiger partial charge in [0.25, 0.3) is 11.8 Å². The summed E-state index contributed by atoms with van der Waals surface area (Å²) in [5.74, 6) is -1.56. The quantitative estimate of drug-likeness (QED) is 0.270. The van der Waals surface area contributed by atoms with Crippen molar-refractivity contribution in [1.82, 2.24) is 9.69 Å². The van der Waals surface area contributed by atoms with Crippen LogP contribution in [0.25, 0.3) is 0 Å². The Hall–Kier alpha value is -4.90. The molecule has 3 amide bonds. The summed E-state index contributed by atoms with van der Waals surface area (Å²) >= 11 is 0.744. The number of amides is 3. The molecule has 0 aliphatic heterocycles. The molecule has 40 heavy (non-hydrogen) atoms. The minimum atomic E-state index is -1.14. The monoisotopic (exact) mass is 558 g/mol. The second-order valence-corrected chi connectivity index (χ2v) is 9.85. The number of nitrogens with zero attached hydrogens (tertiary/aromatic N) is 3. The molecule has 11 heteroatoms.